The fraction of sp³-hybridized carbons (Fsp3) is 0.278. The van der Waals surface area contributed by atoms with Gasteiger partial charge >= 0.3 is 6.03 Å². The number of carbonyl (C=O) groups is 1. The Morgan fingerprint density at radius 2 is 1.96 bits per heavy atom. The number of anilines is 1. The average molecular weight is 336 g/mol. The molecular formula is C18H20N6O. The zero-order valence-corrected chi connectivity index (χ0v) is 14.0. The van der Waals surface area contributed by atoms with Gasteiger partial charge in [-0.15, -0.1) is 5.10 Å². The predicted octanol–water partition coefficient (Wildman–Crippen LogP) is 2.30. The summed E-state index contributed by atoms with van der Waals surface area (Å²) in [5, 5.41) is 10.0. The average Bonchev–Trinajstić information content (AvgIpc) is 3.18. The largest absolute Gasteiger partial charge is 0.333 e. The summed E-state index contributed by atoms with van der Waals surface area (Å²) in [6, 6.07) is 15.8. The lowest BCUT2D eigenvalue weighted by Gasteiger charge is -2.26. The van der Waals surface area contributed by atoms with Crippen molar-refractivity contribution in [1.29, 1.82) is 0 Å². The van der Waals surface area contributed by atoms with E-state index in [4.69, 9.17) is 0 Å². The Hall–Kier alpha value is -2.93. The fourth-order valence-corrected chi connectivity index (χ4v) is 3.43. The second-order valence-electron chi connectivity index (χ2n) is 6.27. The summed E-state index contributed by atoms with van der Waals surface area (Å²) in [5.41, 5.74) is 1.90. The minimum atomic E-state index is -0.280. The summed E-state index contributed by atoms with van der Waals surface area (Å²) < 4.78 is 1.63. The molecule has 4 rings (SSSR count). The Morgan fingerprint density at radius 3 is 2.76 bits per heavy atom. The molecule has 7 nitrogen and oxygen atoms in total. The van der Waals surface area contributed by atoms with Crippen LogP contribution in [0.4, 0.5) is 10.7 Å². The maximum atomic E-state index is 12.4. The van der Waals surface area contributed by atoms with E-state index in [0.29, 0.717) is 11.6 Å². The molecule has 0 saturated carbocycles. The number of fused-ring (bicyclic) bond motifs is 1. The van der Waals surface area contributed by atoms with Gasteiger partial charge in [-0.25, -0.2) is 9.31 Å². The molecule has 1 fully saturated rings. The standard InChI is InChI=1S/C18H20N6O/c1-23-12-10-14(16(23)13-7-3-2-4-8-13)19-18(25)21-17-20-15-9-5-6-11-24(15)22-17/h2-9,11,14,16H,10,12H2,1H3,(H2,19,21,22,25)/t14-,16-/m0/s1. The van der Waals surface area contributed by atoms with Crippen LogP contribution >= 0.6 is 0 Å². The summed E-state index contributed by atoms with van der Waals surface area (Å²) in [7, 11) is 2.08. The normalized spacial score (nSPS) is 20.7. The first kappa shape index (κ1) is 15.6. The van der Waals surface area contributed by atoms with Crippen molar-refractivity contribution in [2.75, 3.05) is 18.9 Å². The number of likely N-dealkylation sites (tertiary alicyclic amines) is 1. The number of benzene rings is 1. The number of amides is 2. The summed E-state index contributed by atoms with van der Waals surface area (Å²) in [4.78, 5) is 19.0. The van der Waals surface area contributed by atoms with Crippen molar-refractivity contribution in [2.24, 2.45) is 0 Å². The number of aromatic nitrogens is 3. The molecule has 25 heavy (non-hydrogen) atoms. The molecule has 0 bridgehead atoms. The Kier molecular flexibility index (Phi) is 4.07. The number of hydrogen-bond donors (Lipinski definition) is 2. The zero-order chi connectivity index (χ0) is 17.2. The number of pyridine rings is 1. The van der Waals surface area contributed by atoms with Crippen LogP contribution in [0.15, 0.2) is 54.7 Å². The van der Waals surface area contributed by atoms with Crippen LogP contribution < -0.4 is 10.6 Å². The van der Waals surface area contributed by atoms with Crippen LogP contribution in [0.5, 0.6) is 0 Å². The van der Waals surface area contributed by atoms with Crippen molar-refractivity contribution in [3.05, 3.63) is 60.3 Å². The van der Waals surface area contributed by atoms with Crippen molar-refractivity contribution in [2.45, 2.75) is 18.5 Å². The van der Waals surface area contributed by atoms with E-state index < -0.39 is 0 Å². The highest BCUT2D eigenvalue weighted by Gasteiger charge is 2.34. The summed E-state index contributed by atoms with van der Waals surface area (Å²) in [6.45, 7) is 0.942. The molecule has 3 heterocycles. The molecule has 1 aromatic carbocycles. The smallest absolute Gasteiger partial charge is 0.321 e. The molecule has 2 amide bonds. The highest BCUT2D eigenvalue weighted by molar-refractivity contribution is 5.87. The van der Waals surface area contributed by atoms with E-state index in [0.717, 1.165) is 13.0 Å². The Labute approximate surface area is 145 Å². The van der Waals surface area contributed by atoms with Crippen LogP contribution in [0, 0.1) is 0 Å². The van der Waals surface area contributed by atoms with E-state index in [9.17, 15) is 4.79 Å². The number of likely N-dealkylation sites (N-methyl/N-ethyl adjacent to an activating group) is 1. The van der Waals surface area contributed by atoms with Gasteiger partial charge in [-0.1, -0.05) is 36.4 Å². The molecule has 128 valence electrons. The Balaban J connectivity index is 1.46. The molecular weight excluding hydrogens is 316 g/mol. The first-order valence-corrected chi connectivity index (χ1v) is 8.35. The fourth-order valence-electron chi connectivity index (χ4n) is 3.43. The third-order valence-corrected chi connectivity index (χ3v) is 4.57. The van der Waals surface area contributed by atoms with Gasteiger partial charge in [-0.05, 0) is 31.2 Å². The van der Waals surface area contributed by atoms with E-state index in [1.807, 2.05) is 36.4 Å². The SMILES string of the molecule is CN1CC[C@H](NC(=O)Nc2nc3ccccn3n2)[C@@H]1c1ccccc1. The van der Waals surface area contributed by atoms with E-state index in [-0.39, 0.29) is 18.1 Å². The van der Waals surface area contributed by atoms with Crippen molar-refractivity contribution < 1.29 is 4.79 Å². The van der Waals surface area contributed by atoms with Crippen molar-refractivity contribution in [3.8, 4) is 0 Å². The lowest BCUT2D eigenvalue weighted by molar-refractivity contribution is 0.240. The van der Waals surface area contributed by atoms with Gasteiger partial charge in [-0.2, -0.15) is 4.98 Å². The number of nitrogens with zero attached hydrogens (tertiary/aromatic N) is 4. The third-order valence-electron chi connectivity index (χ3n) is 4.57. The van der Waals surface area contributed by atoms with Gasteiger partial charge in [0.2, 0.25) is 0 Å². The van der Waals surface area contributed by atoms with Gasteiger partial charge in [0.05, 0.1) is 12.1 Å². The summed E-state index contributed by atoms with van der Waals surface area (Å²) in [6.07, 6.45) is 2.70. The van der Waals surface area contributed by atoms with Crippen molar-refractivity contribution >= 4 is 17.6 Å². The molecule has 1 aliphatic heterocycles. The molecule has 0 unspecified atom stereocenters. The van der Waals surface area contributed by atoms with Gasteiger partial charge in [0.25, 0.3) is 5.95 Å². The van der Waals surface area contributed by atoms with Gasteiger partial charge in [-0.3, -0.25) is 10.2 Å². The molecule has 0 radical (unpaired) electrons. The first-order chi connectivity index (χ1) is 12.2. The van der Waals surface area contributed by atoms with Crippen LogP contribution in [-0.2, 0) is 0 Å². The summed E-state index contributed by atoms with van der Waals surface area (Å²) in [5.74, 6) is 0.298. The minimum Gasteiger partial charge on any atom is -0.333 e. The second-order valence-corrected chi connectivity index (χ2v) is 6.27. The van der Waals surface area contributed by atoms with Crippen LogP contribution in [0.25, 0.3) is 5.65 Å². The van der Waals surface area contributed by atoms with Crippen LogP contribution in [-0.4, -0.2) is 45.2 Å². The van der Waals surface area contributed by atoms with Gasteiger partial charge < -0.3 is 5.32 Å². The third kappa shape index (κ3) is 3.18. The number of rotatable bonds is 3. The lowest BCUT2D eigenvalue weighted by Crippen LogP contribution is -2.41. The van der Waals surface area contributed by atoms with Crippen LogP contribution in [0.2, 0.25) is 0 Å². The quantitative estimate of drug-likeness (QED) is 0.770. The highest BCUT2D eigenvalue weighted by atomic mass is 16.2. The molecule has 0 aliphatic carbocycles. The van der Waals surface area contributed by atoms with E-state index in [1.54, 1.807) is 10.7 Å². The first-order valence-electron chi connectivity index (χ1n) is 8.35. The molecule has 2 atom stereocenters. The van der Waals surface area contributed by atoms with Gasteiger partial charge in [0, 0.05) is 12.7 Å². The van der Waals surface area contributed by atoms with E-state index in [2.05, 4.69) is 44.8 Å². The van der Waals surface area contributed by atoms with E-state index >= 15 is 0 Å². The highest BCUT2D eigenvalue weighted by Crippen LogP contribution is 2.30. The number of carbonyl (C=O) groups excluding carboxylic acids is 1. The molecule has 2 aromatic heterocycles. The molecule has 1 saturated heterocycles. The predicted molar refractivity (Wildman–Crippen MR) is 95.4 cm³/mol. The van der Waals surface area contributed by atoms with Crippen molar-refractivity contribution in [3.63, 3.8) is 0 Å². The molecule has 0 spiro atoms. The maximum absolute atomic E-state index is 12.4. The van der Waals surface area contributed by atoms with E-state index in [1.165, 1.54) is 5.56 Å². The van der Waals surface area contributed by atoms with Gasteiger partial charge in [0.15, 0.2) is 5.65 Å². The van der Waals surface area contributed by atoms with Gasteiger partial charge in [0.1, 0.15) is 0 Å². The number of nitrogens with one attached hydrogen (secondary N) is 2. The lowest BCUT2D eigenvalue weighted by atomic mass is 10.0. The molecule has 7 heteroatoms. The van der Waals surface area contributed by atoms with Crippen LogP contribution in [0.1, 0.15) is 18.0 Å². The molecule has 3 aromatic rings. The van der Waals surface area contributed by atoms with Crippen molar-refractivity contribution in [1.82, 2.24) is 24.8 Å². The second kappa shape index (κ2) is 6.52. The topological polar surface area (TPSA) is 74.6 Å². The Morgan fingerprint density at radius 1 is 1.16 bits per heavy atom. The summed E-state index contributed by atoms with van der Waals surface area (Å²) >= 11 is 0. The Bertz CT molecular complexity index is 844. The number of urea groups is 1. The zero-order valence-electron chi connectivity index (χ0n) is 14.0. The molecule has 2 N–H and O–H groups in total. The molecule has 1 aliphatic rings. The maximum Gasteiger partial charge on any atom is 0.321 e. The van der Waals surface area contributed by atoms with Crippen LogP contribution in [0.3, 0.4) is 0 Å². The monoisotopic (exact) mass is 336 g/mol. The minimum absolute atomic E-state index is 0.0458. The number of hydrogen-bond acceptors (Lipinski definition) is 4.